The Kier molecular flexibility index (Phi) is 7.98. The minimum atomic E-state index is -4.72. The molecule has 45 heavy (non-hydrogen) atoms. The van der Waals surface area contributed by atoms with E-state index in [0.29, 0.717) is 21.6 Å². The standard InChI is InChI=1S/C30H29F5N6O3S/c1-17-5-6-19(23(13-25(42)43)22-8-11-40-26(18(22)2)37-38-28(40)30(33,34)35)12-20(17)14-39-15-21-7-9-29(31,32)16-41(21)27-24(45(39)44)4-3-10-36-27/h3-6,8,10-12,21,23H,7,9,13-16H2,1-2H3,(H,42,43). The summed E-state index contributed by atoms with van der Waals surface area (Å²) in [5.74, 6) is -5.64. The van der Waals surface area contributed by atoms with Gasteiger partial charge in [-0.15, -0.1) is 14.5 Å². The zero-order chi connectivity index (χ0) is 32.3. The molecule has 0 amide bonds. The van der Waals surface area contributed by atoms with Crippen LogP contribution in [0.1, 0.15) is 58.8 Å². The lowest BCUT2D eigenvalue weighted by atomic mass is 9.85. The van der Waals surface area contributed by atoms with Crippen LogP contribution in [-0.2, 0) is 28.9 Å². The number of nitrogens with zero attached hydrogens (tertiary/aromatic N) is 6. The smallest absolute Gasteiger partial charge is 0.452 e. The number of carboxylic acid groups (broad SMARTS) is 1. The Morgan fingerprint density at radius 1 is 1.20 bits per heavy atom. The molecule has 1 N–H and O–H groups in total. The third-order valence-corrected chi connectivity index (χ3v) is 9.99. The molecular formula is C30H29F5N6O3S. The first kappa shape index (κ1) is 31.2. The van der Waals surface area contributed by atoms with Crippen molar-refractivity contribution >= 4 is 28.8 Å². The molecule has 3 aromatic heterocycles. The molecule has 2 aliphatic heterocycles. The van der Waals surface area contributed by atoms with E-state index < -0.39 is 47.7 Å². The molecule has 3 unspecified atom stereocenters. The van der Waals surface area contributed by atoms with E-state index in [1.54, 1.807) is 34.3 Å². The van der Waals surface area contributed by atoms with Gasteiger partial charge in [0.25, 0.3) is 5.92 Å². The van der Waals surface area contributed by atoms with Crippen molar-refractivity contribution < 1.29 is 36.4 Å². The lowest BCUT2D eigenvalue weighted by molar-refractivity contribution is -0.145. The van der Waals surface area contributed by atoms with E-state index in [4.69, 9.17) is 0 Å². The molecule has 1 fully saturated rings. The number of halogens is 5. The molecule has 3 atom stereocenters. The number of pyridine rings is 2. The number of rotatable bonds is 6. The van der Waals surface area contributed by atoms with Crippen LogP contribution >= 0.6 is 0 Å². The van der Waals surface area contributed by atoms with Gasteiger partial charge in [0.2, 0.25) is 10.7 Å². The highest BCUT2D eigenvalue weighted by molar-refractivity contribution is 7.89. The first-order valence-electron chi connectivity index (χ1n) is 14.2. The number of alkyl halides is 5. The second-order valence-corrected chi connectivity index (χ2v) is 13.0. The van der Waals surface area contributed by atoms with Crippen LogP contribution in [0.2, 0.25) is 0 Å². The van der Waals surface area contributed by atoms with Gasteiger partial charge in [-0.1, -0.05) is 18.2 Å². The average Bonchev–Trinajstić information content (AvgIpc) is 3.39. The summed E-state index contributed by atoms with van der Waals surface area (Å²) < 4.78 is 85.7. The zero-order valence-electron chi connectivity index (χ0n) is 24.3. The Labute approximate surface area is 258 Å². The van der Waals surface area contributed by atoms with Gasteiger partial charge in [-0.05, 0) is 60.2 Å². The number of piperidine rings is 1. The summed E-state index contributed by atoms with van der Waals surface area (Å²) in [6, 6.07) is 9.76. The van der Waals surface area contributed by atoms with Crippen LogP contribution in [0.4, 0.5) is 27.8 Å². The number of aromatic nitrogens is 4. The summed E-state index contributed by atoms with van der Waals surface area (Å²) >= 11 is -1.73. The van der Waals surface area contributed by atoms with Crippen molar-refractivity contribution in [2.45, 2.75) is 68.6 Å². The summed E-state index contributed by atoms with van der Waals surface area (Å²) in [5.41, 5.74) is 3.00. The molecule has 4 aromatic rings. The molecule has 5 heterocycles. The summed E-state index contributed by atoms with van der Waals surface area (Å²) in [7, 11) is 0. The van der Waals surface area contributed by atoms with Gasteiger partial charge in [0, 0.05) is 36.8 Å². The number of anilines is 1. The van der Waals surface area contributed by atoms with Gasteiger partial charge in [-0.3, -0.25) is 9.20 Å². The average molecular weight is 649 g/mol. The number of benzene rings is 1. The fourth-order valence-corrected chi connectivity index (χ4v) is 7.61. The predicted molar refractivity (Wildman–Crippen MR) is 154 cm³/mol. The molecule has 0 spiro atoms. The Morgan fingerprint density at radius 3 is 2.71 bits per heavy atom. The third kappa shape index (κ3) is 5.95. The minimum absolute atomic E-state index is 0.0302. The van der Waals surface area contributed by atoms with Gasteiger partial charge in [0.15, 0.2) is 11.5 Å². The summed E-state index contributed by atoms with van der Waals surface area (Å²) in [6.07, 6.45) is -2.48. The lowest BCUT2D eigenvalue weighted by Crippen LogP contribution is -2.52. The molecule has 6 rings (SSSR count). The van der Waals surface area contributed by atoms with E-state index in [1.807, 2.05) is 19.1 Å². The number of aryl methyl sites for hydroxylation is 2. The van der Waals surface area contributed by atoms with Crippen LogP contribution in [0.25, 0.3) is 5.65 Å². The van der Waals surface area contributed by atoms with Crippen molar-refractivity contribution in [3.05, 3.63) is 82.4 Å². The molecule has 0 aliphatic carbocycles. The first-order valence-corrected chi connectivity index (χ1v) is 15.3. The maximum Gasteiger partial charge on any atom is 0.452 e. The second kappa shape index (κ2) is 11.5. The molecular weight excluding hydrogens is 619 g/mol. The van der Waals surface area contributed by atoms with Crippen molar-refractivity contribution in [2.75, 3.05) is 18.0 Å². The molecule has 9 nitrogen and oxygen atoms in total. The molecule has 2 aliphatic rings. The van der Waals surface area contributed by atoms with E-state index in [9.17, 15) is 36.4 Å². The number of fused-ring (bicyclic) bond motifs is 4. The summed E-state index contributed by atoms with van der Waals surface area (Å²) in [5, 5.41) is 16.9. The van der Waals surface area contributed by atoms with E-state index in [1.165, 1.54) is 18.5 Å². The fourth-order valence-electron chi connectivity index (χ4n) is 6.25. The van der Waals surface area contributed by atoms with Gasteiger partial charge < -0.3 is 14.6 Å². The SMILES string of the molecule is Cc1ccc(C(CC(=O)O)c2ccn3c(C(F)(F)F)nnc3c2C)cc1CN1CC2CCC(F)(F)CN2c2ncccc2[S+]1[O-]. The van der Waals surface area contributed by atoms with Crippen molar-refractivity contribution in [3.63, 3.8) is 0 Å². The molecule has 0 bridgehead atoms. The number of hydrogen-bond donors (Lipinski definition) is 1. The molecule has 1 saturated heterocycles. The van der Waals surface area contributed by atoms with E-state index >= 15 is 0 Å². The molecule has 238 valence electrons. The monoisotopic (exact) mass is 648 g/mol. The minimum Gasteiger partial charge on any atom is -0.593 e. The molecule has 0 radical (unpaired) electrons. The van der Waals surface area contributed by atoms with Gasteiger partial charge in [-0.25, -0.2) is 13.8 Å². The van der Waals surface area contributed by atoms with Crippen molar-refractivity contribution in [2.24, 2.45) is 0 Å². The molecule has 0 saturated carbocycles. The Morgan fingerprint density at radius 2 is 1.98 bits per heavy atom. The Bertz CT molecular complexity index is 1770. The maximum absolute atomic E-state index is 14.5. The van der Waals surface area contributed by atoms with Crippen molar-refractivity contribution in [1.29, 1.82) is 0 Å². The highest BCUT2D eigenvalue weighted by Gasteiger charge is 2.46. The topological polar surface area (TPSA) is 110 Å². The van der Waals surface area contributed by atoms with Gasteiger partial charge >= 0.3 is 12.1 Å². The van der Waals surface area contributed by atoms with Gasteiger partial charge in [0.1, 0.15) is 0 Å². The van der Waals surface area contributed by atoms with Gasteiger partial charge in [0.05, 0.1) is 37.4 Å². The van der Waals surface area contributed by atoms with Gasteiger partial charge in [-0.2, -0.15) is 13.2 Å². The predicted octanol–water partition coefficient (Wildman–Crippen LogP) is 5.51. The summed E-state index contributed by atoms with van der Waals surface area (Å²) in [4.78, 5) is 18.2. The zero-order valence-corrected chi connectivity index (χ0v) is 25.1. The fraction of sp³-hybridized carbons (Fsp3) is 0.400. The van der Waals surface area contributed by atoms with Crippen molar-refractivity contribution in [1.82, 2.24) is 23.9 Å². The van der Waals surface area contributed by atoms with Crippen LogP contribution in [0.3, 0.4) is 0 Å². The molecule has 1 aromatic carbocycles. The van der Waals surface area contributed by atoms with Crippen LogP contribution in [0.5, 0.6) is 0 Å². The number of carboxylic acids is 1. The van der Waals surface area contributed by atoms with E-state index in [0.717, 1.165) is 15.5 Å². The second-order valence-electron chi connectivity index (χ2n) is 11.5. The van der Waals surface area contributed by atoms with E-state index in [-0.39, 0.29) is 49.9 Å². The number of carbonyl (C=O) groups is 1. The highest BCUT2D eigenvalue weighted by Crippen LogP contribution is 2.40. The normalized spacial score (nSPS) is 20.8. The van der Waals surface area contributed by atoms with E-state index in [2.05, 4.69) is 15.2 Å². The van der Waals surface area contributed by atoms with Crippen LogP contribution in [0, 0.1) is 13.8 Å². The maximum atomic E-state index is 14.5. The number of aliphatic carboxylic acids is 1. The quantitative estimate of drug-likeness (QED) is 0.216. The molecule has 15 heteroatoms. The largest absolute Gasteiger partial charge is 0.593 e. The van der Waals surface area contributed by atoms with Crippen molar-refractivity contribution in [3.8, 4) is 0 Å². The van der Waals surface area contributed by atoms with Crippen LogP contribution < -0.4 is 4.90 Å². The third-order valence-electron chi connectivity index (χ3n) is 8.54. The Balaban J connectivity index is 1.36. The highest BCUT2D eigenvalue weighted by atomic mass is 32.2. The van der Waals surface area contributed by atoms with Crippen LogP contribution in [0.15, 0.2) is 53.7 Å². The Hall–Kier alpha value is -3.82. The number of hydrogen-bond acceptors (Lipinski definition) is 7. The summed E-state index contributed by atoms with van der Waals surface area (Å²) in [6.45, 7) is 3.35. The van der Waals surface area contributed by atoms with Crippen LogP contribution in [-0.4, -0.2) is 64.6 Å². The lowest BCUT2D eigenvalue weighted by Gasteiger charge is -2.39. The first-order chi connectivity index (χ1) is 21.2.